The minimum Gasteiger partial charge on any atom is -0.352 e. The topological polar surface area (TPSA) is 86.8 Å². The van der Waals surface area contributed by atoms with Crippen molar-refractivity contribution in [3.63, 3.8) is 0 Å². The first-order valence-electron chi connectivity index (χ1n) is 12.5. The Balaban J connectivity index is 2.08. The van der Waals surface area contributed by atoms with E-state index in [1.807, 2.05) is 51.1 Å². The Bertz CT molecular complexity index is 1350. The summed E-state index contributed by atoms with van der Waals surface area (Å²) in [4.78, 5) is 28.6. The molecular formula is C29H34ClN3O4S. The van der Waals surface area contributed by atoms with Crippen molar-refractivity contribution >= 4 is 39.1 Å². The van der Waals surface area contributed by atoms with Gasteiger partial charge in [-0.3, -0.25) is 13.9 Å². The molecule has 202 valence electrons. The lowest BCUT2D eigenvalue weighted by molar-refractivity contribution is -0.140. The number of nitrogens with one attached hydrogen (secondary N) is 1. The molecule has 3 aromatic carbocycles. The maximum Gasteiger partial charge on any atom is 0.264 e. The van der Waals surface area contributed by atoms with Gasteiger partial charge in [0.2, 0.25) is 11.8 Å². The zero-order valence-corrected chi connectivity index (χ0v) is 23.7. The molecule has 0 aliphatic heterocycles. The molecule has 0 spiro atoms. The van der Waals surface area contributed by atoms with Gasteiger partial charge in [0.25, 0.3) is 10.0 Å². The molecule has 0 fully saturated rings. The Morgan fingerprint density at radius 2 is 1.55 bits per heavy atom. The van der Waals surface area contributed by atoms with Crippen molar-refractivity contribution in [2.75, 3.05) is 10.8 Å². The average Bonchev–Trinajstić information content (AvgIpc) is 2.89. The fourth-order valence-electron chi connectivity index (χ4n) is 4.16. The number of benzene rings is 3. The van der Waals surface area contributed by atoms with Gasteiger partial charge in [-0.15, -0.1) is 0 Å². The van der Waals surface area contributed by atoms with Crippen LogP contribution in [0.3, 0.4) is 0 Å². The fourth-order valence-corrected chi connectivity index (χ4v) is 5.82. The van der Waals surface area contributed by atoms with Crippen LogP contribution < -0.4 is 9.62 Å². The number of hydrogen-bond acceptors (Lipinski definition) is 4. The zero-order chi connectivity index (χ0) is 27.9. The minimum absolute atomic E-state index is 0.0476. The predicted molar refractivity (Wildman–Crippen MR) is 152 cm³/mol. The van der Waals surface area contributed by atoms with Crippen LogP contribution in [0.25, 0.3) is 0 Å². The quantitative estimate of drug-likeness (QED) is 0.353. The van der Waals surface area contributed by atoms with Crippen molar-refractivity contribution < 1.29 is 18.0 Å². The largest absolute Gasteiger partial charge is 0.352 e. The summed E-state index contributed by atoms with van der Waals surface area (Å²) in [7, 11) is -4.14. The second-order valence-corrected chi connectivity index (χ2v) is 11.6. The van der Waals surface area contributed by atoms with Gasteiger partial charge in [-0.1, -0.05) is 73.1 Å². The highest BCUT2D eigenvalue weighted by molar-refractivity contribution is 7.92. The van der Waals surface area contributed by atoms with Gasteiger partial charge in [0.1, 0.15) is 12.6 Å². The standard InChI is InChI=1S/C29H34ClN3O4S/c1-5-26(29(35)31-21(2)3)32(19-23-12-8-6-9-13-23)28(34)20-33(27-18-24(30)17-16-22(27)4)38(36,37)25-14-10-7-11-15-25/h6-18,21,26H,5,19-20H2,1-4H3,(H,31,35)/t26-/m1/s1. The van der Waals surface area contributed by atoms with Gasteiger partial charge in [0, 0.05) is 17.6 Å². The summed E-state index contributed by atoms with van der Waals surface area (Å²) in [5.41, 5.74) is 1.77. The molecule has 1 atom stereocenters. The number of sulfonamides is 1. The van der Waals surface area contributed by atoms with Crippen LogP contribution in [0, 0.1) is 6.92 Å². The first kappa shape index (κ1) is 29.2. The first-order valence-corrected chi connectivity index (χ1v) is 14.3. The smallest absolute Gasteiger partial charge is 0.264 e. The number of rotatable bonds is 11. The van der Waals surface area contributed by atoms with Crippen LogP contribution in [0.15, 0.2) is 83.8 Å². The van der Waals surface area contributed by atoms with E-state index in [4.69, 9.17) is 11.6 Å². The second kappa shape index (κ2) is 12.9. The molecule has 1 N–H and O–H groups in total. The van der Waals surface area contributed by atoms with Gasteiger partial charge in [-0.2, -0.15) is 0 Å². The van der Waals surface area contributed by atoms with Gasteiger partial charge in [-0.05, 0) is 62.6 Å². The Kier molecular flexibility index (Phi) is 9.94. The maximum atomic E-state index is 14.0. The van der Waals surface area contributed by atoms with Crippen LogP contribution in [0.2, 0.25) is 5.02 Å². The number of nitrogens with zero attached hydrogens (tertiary/aromatic N) is 2. The second-order valence-electron chi connectivity index (χ2n) is 9.35. The molecule has 0 unspecified atom stereocenters. The molecule has 3 aromatic rings. The Labute approximate surface area is 230 Å². The lowest BCUT2D eigenvalue weighted by Crippen LogP contribution is -2.53. The van der Waals surface area contributed by atoms with Crippen molar-refractivity contribution in [2.24, 2.45) is 0 Å². The van der Waals surface area contributed by atoms with Crippen molar-refractivity contribution in [3.8, 4) is 0 Å². The molecule has 0 heterocycles. The molecule has 0 saturated carbocycles. The van der Waals surface area contributed by atoms with Gasteiger partial charge < -0.3 is 10.2 Å². The van der Waals surface area contributed by atoms with E-state index in [1.54, 1.807) is 37.3 Å². The van der Waals surface area contributed by atoms with E-state index in [-0.39, 0.29) is 23.4 Å². The molecule has 38 heavy (non-hydrogen) atoms. The third-order valence-electron chi connectivity index (χ3n) is 6.06. The van der Waals surface area contributed by atoms with Gasteiger partial charge in [0.05, 0.1) is 10.6 Å². The number of anilines is 1. The summed E-state index contributed by atoms with van der Waals surface area (Å²) in [6, 6.07) is 21.3. The molecule has 0 bridgehead atoms. The van der Waals surface area contributed by atoms with Gasteiger partial charge in [-0.25, -0.2) is 8.42 Å². The molecule has 7 nitrogen and oxygen atoms in total. The van der Waals surface area contributed by atoms with Gasteiger partial charge >= 0.3 is 0 Å². The molecule has 0 radical (unpaired) electrons. The SMILES string of the molecule is CC[C@H](C(=O)NC(C)C)N(Cc1ccccc1)C(=O)CN(c1cc(Cl)ccc1C)S(=O)(=O)c1ccccc1. The molecule has 3 rings (SSSR count). The molecule has 0 aliphatic rings. The molecule has 0 saturated heterocycles. The van der Waals surface area contributed by atoms with Crippen LogP contribution >= 0.6 is 11.6 Å². The number of amides is 2. The number of carbonyl (C=O) groups excluding carboxylic acids is 2. The van der Waals surface area contributed by atoms with Crippen molar-refractivity contribution in [1.29, 1.82) is 0 Å². The maximum absolute atomic E-state index is 14.0. The number of carbonyl (C=O) groups is 2. The molecular weight excluding hydrogens is 522 g/mol. The Morgan fingerprint density at radius 1 is 0.947 bits per heavy atom. The summed E-state index contributed by atoms with van der Waals surface area (Å²) in [5, 5.41) is 3.23. The summed E-state index contributed by atoms with van der Waals surface area (Å²) in [6.45, 7) is 6.94. The third-order valence-corrected chi connectivity index (χ3v) is 8.07. The van der Waals surface area contributed by atoms with Gasteiger partial charge in [0.15, 0.2) is 0 Å². The third kappa shape index (κ3) is 7.14. The van der Waals surface area contributed by atoms with E-state index in [0.717, 1.165) is 9.87 Å². The average molecular weight is 556 g/mol. The van der Waals surface area contributed by atoms with Crippen LogP contribution in [0.4, 0.5) is 5.69 Å². The van der Waals surface area contributed by atoms with E-state index in [0.29, 0.717) is 22.7 Å². The lowest BCUT2D eigenvalue weighted by atomic mass is 10.1. The highest BCUT2D eigenvalue weighted by atomic mass is 35.5. The normalized spacial score (nSPS) is 12.2. The van der Waals surface area contributed by atoms with E-state index in [1.165, 1.54) is 23.1 Å². The minimum atomic E-state index is -4.14. The van der Waals surface area contributed by atoms with Crippen LogP contribution in [-0.2, 0) is 26.2 Å². The van der Waals surface area contributed by atoms with E-state index >= 15 is 0 Å². The zero-order valence-electron chi connectivity index (χ0n) is 22.1. The summed E-state index contributed by atoms with van der Waals surface area (Å²) >= 11 is 6.26. The fraction of sp³-hybridized carbons (Fsp3) is 0.310. The predicted octanol–water partition coefficient (Wildman–Crippen LogP) is 5.18. The van der Waals surface area contributed by atoms with Crippen LogP contribution in [0.5, 0.6) is 0 Å². The monoisotopic (exact) mass is 555 g/mol. The number of aryl methyl sites for hydroxylation is 1. The van der Waals surface area contributed by atoms with E-state index in [2.05, 4.69) is 5.32 Å². The van der Waals surface area contributed by atoms with Crippen molar-refractivity contribution in [1.82, 2.24) is 10.2 Å². The summed E-state index contributed by atoms with van der Waals surface area (Å²) < 4.78 is 28.8. The lowest BCUT2D eigenvalue weighted by Gasteiger charge is -2.34. The summed E-state index contributed by atoms with van der Waals surface area (Å²) in [6.07, 6.45) is 0.360. The highest BCUT2D eigenvalue weighted by Gasteiger charge is 2.34. The Hall–Kier alpha value is -3.36. The number of hydrogen-bond donors (Lipinski definition) is 1. The van der Waals surface area contributed by atoms with Crippen molar-refractivity contribution in [3.05, 3.63) is 95.0 Å². The van der Waals surface area contributed by atoms with Crippen LogP contribution in [0.1, 0.15) is 38.3 Å². The van der Waals surface area contributed by atoms with E-state index in [9.17, 15) is 18.0 Å². The first-order chi connectivity index (χ1) is 18.0. The highest BCUT2D eigenvalue weighted by Crippen LogP contribution is 2.30. The van der Waals surface area contributed by atoms with E-state index < -0.39 is 28.5 Å². The molecule has 9 heteroatoms. The number of halogens is 1. The van der Waals surface area contributed by atoms with Crippen LogP contribution in [-0.4, -0.2) is 43.8 Å². The molecule has 2 amide bonds. The Morgan fingerprint density at radius 3 is 2.13 bits per heavy atom. The molecule has 0 aromatic heterocycles. The van der Waals surface area contributed by atoms with Crippen molar-refractivity contribution in [2.45, 2.75) is 57.6 Å². The molecule has 0 aliphatic carbocycles. The summed E-state index contributed by atoms with van der Waals surface area (Å²) in [5.74, 6) is -0.790.